The van der Waals surface area contributed by atoms with Gasteiger partial charge >= 0.3 is 23.9 Å². The summed E-state index contributed by atoms with van der Waals surface area (Å²) in [6.07, 6.45) is -9.49. The molecule has 43 nitrogen and oxygen atoms in total. The lowest BCUT2D eigenvalue weighted by molar-refractivity contribution is -0.143. The van der Waals surface area contributed by atoms with Crippen LogP contribution in [-0.4, -0.2) is 224 Å². The molecule has 31 N–H and O–H groups in total. The first-order chi connectivity index (χ1) is 47.1. The summed E-state index contributed by atoms with van der Waals surface area (Å²) in [7, 11) is 0. The summed E-state index contributed by atoms with van der Waals surface area (Å²) >= 11 is 0. The lowest BCUT2D eigenvalue weighted by Gasteiger charge is -2.28. The molecule has 0 heterocycles. The number of unbranched alkanes of at least 4 members (excludes halogenated alkanes) is 1. The molecule has 0 bridgehead atoms. The third-order valence-electron chi connectivity index (χ3n) is 14.8. The van der Waals surface area contributed by atoms with Crippen molar-refractivity contribution in [3.8, 4) is 0 Å². The van der Waals surface area contributed by atoms with Gasteiger partial charge in [-0.05, 0) is 103 Å². The molecule has 0 aromatic rings. The third-order valence-corrected chi connectivity index (χ3v) is 14.8. The van der Waals surface area contributed by atoms with Crippen LogP contribution < -0.4 is 104 Å². The average molecular weight is 1440 g/mol. The Labute approximate surface area is 578 Å². The van der Waals surface area contributed by atoms with Crippen LogP contribution in [0.25, 0.3) is 0 Å². The molecule has 0 fully saturated rings. The van der Waals surface area contributed by atoms with Crippen LogP contribution in [0.3, 0.4) is 0 Å². The van der Waals surface area contributed by atoms with E-state index < -0.39 is 281 Å². The lowest BCUT2D eigenvalue weighted by atomic mass is 10.0. The maximum absolute atomic E-state index is 14.2. The zero-order valence-corrected chi connectivity index (χ0v) is 56.4. The van der Waals surface area contributed by atoms with E-state index in [1.807, 2.05) is 0 Å². The van der Waals surface area contributed by atoms with Crippen molar-refractivity contribution in [2.75, 3.05) is 13.1 Å². The summed E-state index contributed by atoms with van der Waals surface area (Å²) in [6, 6.07) is -20.2. The Morgan fingerprint density at radius 3 is 0.812 bits per heavy atom. The number of nitrogens with two attached hydrogens (primary N) is 7. The van der Waals surface area contributed by atoms with Crippen molar-refractivity contribution >= 4 is 118 Å². The van der Waals surface area contributed by atoms with Gasteiger partial charge in [-0.1, -0.05) is 13.8 Å². The molecule has 0 aromatic heterocycles. The maximum Gasteiger partial charge on any atom is 0.326 e. The Morgan fingerprint density at radius 2 is 0.554 bits per heavy atom. The molecule has 12 atom stereocenters. The van der Waals surface area contributed by atoms with Gasteiger partial charge in [0, 0.05) is 51.5 Å². The number of hydrogen-bond acceptors (Lipinski definition) is 22. The number of carbonyl (C=O) groups excluding carboxylic acids is 15. The molecule has 0 aliphatic heterocycles. The van der Waals surface area contributed by atoms with Crippen LogP contribution in [0.1, 0.15) is 150 Å². The van der Waals surface area contributed by atoms with E-state index in [2.05, 4.69) is 63.8 Å². The molecule has 43 heteroatoms. The quantitative estimate of drug-likeness (QED) is 0.0153. The van der Waals surface area contributed by atoms with Crippen molar-refractivity contribution in [2.24, 2.45) is 46.1 Å². The molecule has 0 radical (unpaired) electrons. The number of amides is 15. The van der Waals surface area contributed by atoms with Crippen molar-refractivity contribution in [1.82, 2.24) is 63.8 Å². The minimum atomic E-state index is -2.01. The van der Waals surface area contributed by atoms with E-state index in [4.69, 9.17) is 45.5 Å². The van der Waals surface area contributed by atoms with Crippen LogP contribution in [0.5, 0.6) is 0 Å². The van der Waals surface area contributed by atoms with Crippen LogP contribution >= 0.6 is 0 Å². The number of nitrogens with one attached hydrogen (secondary N) is 13. The highest BCUT2D eigenvalue weighted by molar-refractivity contribution is 6.00. The minimum absolute atomic E-state index is 0.00391. The van der Waals surface area contributed by atoms with Gasteiger partial charge in [-0.2, -0.15) is 0 Å². The van der Waals surface area contributed by atoms with Gasteiger partial charge in [-0.3, -0.25) is 91.7 Å². The van der Waals surface area contributed by atoms with Gasteiger partial charge in [0.05, 0.1) is 6.04 Å². The third kappa shape index (κ3) is 38.8. The summed E-state index contributed by atoms with van der Waals surface area (Å²) in [5.41, 5.74) is 38.1. The van der Waals surface area contributed by atoms with Crippen molar-refractivity contribution in [3.63, 3.8) is 0 Å². The normalized spacial score (nSPS) is 14.4. The van der Waals surface area contributed by atoms with E-state index in [0.29, 0.717) is 6.42 Å². The summed E-state index contributed by atoms with van der Waals surface area (Å²) in [4.78, 5) is 247. The van der Waals surface area contributed by atoms with Gasteiger partial charge < -0.3 is 124 Å². The molecule has 0 saturated carbocycles. The number of carboxylic acids is 4. The molecule has 0 rings (SSSR count). The van der Waals surface area contributed by atoms with Crippen molar-refractivity contribution in [3.05, 3.63) is 0 Å². The standard InChI is InChI=1S/C58H98N20O23/c1-26(2)45(64)56(99)69-28(4)47(90)71-34(14-21-42(83)84)53(96)74-32(11-18-39(61)80)51(94)77-36(16-23-44(87)88)55(98)75-33(12-19-40(62)81)52(95)76-35(15-22-43(85)86)54(97)73-31(10-17-38(60)79)48(91)68-27(3)46(89)70-29(8-5-6-24-59)49(92)72-30(9-7-25-67-58(65)66)50(93)78-37(57(100)101)13-20-41(63)82/h26-37,45H,5-25,59,64H2,1-4H3,(H2,60,79)(H2,61,80)(H2,62,81)(H2,63,82)(H,68,91)(H,69,99)(H,70,89)(H,71,90)(H,72,92)(H,73,97)(H,74,96)(H,75,98)(H,76,95)(H,77,94)(H,78,93)(H,83,84)(H,85,86)(H,87,88)(H,100,101)(H4,65,66,67)/t27-,28-,29-,30-,31-,32-,33-,34-,35-,36-,37-,45-/m0/s1. The second-order valence-corrected chi connectivity index (χ2v) is 23.7. The monoisotopic (exact) mass is 1440 g/mol. The second kappa shape index (κ2) is 47.2. The molecule has 15 amide bonds. The molecule has 101 heavy (non-hydrogen) atoms. The fraction of sp³-hybridized carbons (Fsp3) is 0.655. The molecule has 0 unspecified atom stereocenters. The summed E-state index contributed by atoms with van der Waals surface area (Å²) in [5, 5.41) is 73.4. The largest absolute Gasteiger partial charge is 0.481 e. The van der Waals surface area contributed by atoms with Crippen LogP contribution in [0.2, 0.25) is 0 Å². The highest BCUT2D eigenvalue weighted by atomic mass is 16.4. The van der Waals surface area contributed by atoms with Gasteiger partial charge in [0.25, 0.3) is 0 Å². The summed E-state index contributed by atoms with van der Waals surface area (Å²) in [6.45, 7) is 5.71. The number of guanidine groups is 1. The first-order valence-electron chi connectivity index (χ1n) is 32.0. The fourth-order valence-electron chi connectivity index (χ4n) is 8.94. The first-order valence-corrected chi connectivity index (χ1v) is 32.0. The average Bonchev–Trinajstić information content (AvgIpc) is 0.865. The van der Waals surface area contributed by atoms with Gasteiger partial charge in [-0.15, -0.1) is 0 Å². The number of primary amides is 4. The predicted octanol–water partition coefficient (Wildman–Crippen LogP) is -9.52. The van der Waals surface area contributed by atoms with Gasteiger partial charge in [-0.25, -0.2) is 4.79 Å². The zero-order valence-electron chi connectivity index (χ0n) is 56.4. The van der Waals surface area contributed by atoms with Crippen LogP contribution in [0.4, 0.5) is 0 Å². The molecule has 568 valence electrons. The topological polar surface area (TPSA) is 756 Å². The number of carboxylic acid groups (broad SMARTS) is 4. The van der Waals surface area contributed by atoms with Crippen LogP contribution in [0.15, 0.2) is 0 Å². The van der Waals surface area contributed by atoms with Crippen molar-refractivity contribution in [1.29, 1.82) is 5.41 Å². The Hall–Kier alpha value is -10.9. The zero-order chi connectivity index (χ0) is 77.4. The Morgan fingerprint density at radius 1 is 0.317 bits per heavy atom. The van der Waals surface area contributed by atoms with E-state index in [-0.39, 0.29) is 44.7 Å². The Kier molecular flexibility index (Phi) is 42.1. The molecular formula is C58H98N20O23. The van der Waals surface area contributed by atoms with Crippen molar-refractivity contribution in [2.45, 2.75) is 222 Å². The van der Waals surface area contributed by atoms with Gasteiger partial charge in [0.2, 0.25) is 88.6 Å². The minimum Gasteiger partial charge on any atom is -0.481 e. The molecule has 0 saturated heterocycles. The molecular weight excluding hydrogens is 1340 g/mol. The molecule has 0 aliphatic rings. The smallest absolute Gasteiger partial charge is 0.326 e. The summed E-state index contributed by atoms with van der Waals surface area (Å²) in [5.74, 6) is -23.8. The number of hydrogen-bond donors (Lipinski definition) is 24. The van der Waals surface area contributed by atoms with Gasteiger partial charge in [0.1, 0.15) is 66.5 Å². The van der Waals surface area contributed by atoms with E-state index in [0.717, 1.165) is 6.92 Å². The van der Waals surface area contributed by atoms with Crippen LogP contribution in [0, 0.1) is 11.3 Å². The van der Waals surface area contributed by atoms with E-state index in [1.54, 1.807) is 13.8 Å². The highest BCUT2D eigenvalue weighted by Crippen LogP contribution is 2.12. The molecule has 0 aliphatic carbocycles. The number of rotatable bonds is 53. The van der Waals surface area contributed by atoms with Crippen LogP contribution in [-0.2, 0) is 91.1 Å². The van der Waals surface area contributed by atoms with E-state index in [1.165, 1.54) is 6.92 Å². The maximum atomic E-state index is 14.2. The Bertz CT molecular complexity index is 2970. The highest BCUT2D eigenvalue weighted by Gasteiger charge is 2.37. The van der Waals surface area contributed by atoms with E-state index in [9.17, 15) is 112 Å². The second-order valence-electron chi connectivity index (χ2n) is 23.7. The molecule has 0 aromatic carbocycles. The summed E-state index contributed by atoms with van der Waals surface area (Å²) < 4.78 is 0. The van der Waals surface area contributed by atoms with Gasteiger partial charge in [0.15, 0.2) is 5.96 Å². The number of aliphatic carboxylic acids is 4. The SMILES string of the molecule is CC(C)[C@H](N)C(=O)N[C@@H](C)C(=O)N[C@@H](CCC(=O)O)C(=O)N[C@@H](CCC(N)=O)C(=O)N[C@@H](CCC(=O)O)C(=O)N[C@@H](CCC(N)=O)C(=O)N[C@@H](CCC(=O)O)C(=O)N[C@@H](CCC(N)=O)C(=O)N[C@@H](C)C(=O)N[C@@H](CCCCN)C(=O)N[C@@H](CCCNC(=N)N)C(=O)N[C@@H](CCC(N)=O)C(=O)O. The first kappa shape index (κ1) is 90.1. The molecule has 0 spiro atoms. The lowest BCUT2D eigenvalue weighted by Crippen LogP contribution is -2.60. The Balaban J connectivity index is 7.15. The number of carbonyl (C=O) groups is 19. The fourth-order valence-corrected chi connectivity index (χ4v) is 8.94. The van der Waals surface area contributed by atoms with Crippen molar-refractivity contribution < 1.29 is 112 Å². The van der Waals surface area contributed by atoms with E-state index >= 15 is 0 Å². The predicted molar refractivity (Wildman–Crippen MR) is 349 cm³/mol.